The van der Waals surface area contributed by atoms with Gasteiger partial charge in [0, 0.05) is 13.7 Å². The van der Waals surface area contributed by atoms with Gasteiger partial charge in [0.05, 0.1) is 10.5 Å². The highest BCUT2D eigenvalue weighted by Gasteiger charge is 2.21. The molecule has 0 aromatic heterocycles. The lowest BCUT2D eigenvalue weighted by Gasteiger charge is -2.23. The third kappa shape index (κ3) is 3.57. The van der Waals surface area contributed by atoms with Crippen molar-refractivity contribution >= 4 is 23.0 Å². The van der Waals surface area contributed by atoms with Crippen molar-refractivity contribution in [2.75, 3.05) is 19.0 Å². The van der Waals surface area contributed by atoms with Crippen LogP contribution in [0.1, 0.15) is 13.8 Å². The molecule has 0 aliphatic heterocycles. The molecule has 0 unspecified atom stereocenters. The van der Waals surface area contributed by atoms with Gasteiger partial charge >= 0.3 is 5.69 Å². The molecule has 0 aliphatic rings. The van der Waals surface area contributed by atoms with Crippen LogP contribution in [-0.4, -0.2) is 24.2 Å². The number of nitro benzene ring substituents is 1. The number of hydrogen-bond donors (Lipinski definition) is 1. The van der Waals surface area contributed by atoms with Crippen molar-refractivity contribution in [3.8, 4) is 0 Å². The number of nitrogens with zero attached hydrogens (tertiary/aromatic N) is 1. The molecule has 1 aromatic rings. The van der Waals surface area contributed by atoms with Gasteiger partial charge < -0.3 is 10.1 Å². The van der Waals surface area contributed by atoms with Crippen LogP contribution in [-0.2, 0) is 4.74 Å². The van der Waals surface area contributed by atoms with Crippen LogP contribution in [0, 0.1) is 10.1 Å². The van der Waals surface area contributed by atoms with Crippen LogP contribution in [0.2, 0.25) is 5.02 Å². The molecule has 0 atom stereocenters. The van der Waals surface area contributed by atoms with Gasteiger partial charge in [0.1, 0.15) is 10.7 Å². The molecule has 0 amide bonds. The van der Waals surface area contributed by atoms with Gasteiger partial charge in [-0.2, -0.15) is 0 Å². The SMILES string of the molecule is COC(C)(C)CNc1cccc(Cl)c1[N+](=O)[O-]. The molecule has 0 heterocycles. The molecule has 0 bridgehead atoms. The highest BCUT2D eigenvalue weighted by Crippen LogP contribution is 2.32. The Kier molecular flexibility index (Phi) is 4.31. The molecule has 0 radical (unpaired) electrons. The van der Waals surface area contributed by atoms with Crippen LogP contribution in [0.25, 0.3) is 0 Å². The summed E-state index contributed by atoms with van der Waals surface area (Å²) in [5, 5.41) is 14.0. The van der Waals surface area contributed by atoms with E-state index in [4.69, 9.17) is 16.3 Å². The van der Waals surface area contributed by atoms with Crippen LogP contribution in [0.5, 0.6) is 0 Å². The largest absolute Gasteiger partial charge is 0.377 e. The number of rotatable bonds is 5. The van der Waals surface area contributed by atoms with E-state index < -0.39 is 10.5 Å². The molecule has 1 aromatic carbocycles. The fraction of sp³-hybridized carbons (Fsp3) is 0.455. The minimum Gasteiger partial charge on any atom is -0.377 e. The number of nitrogens with one attached hydrogen (secondary N) is 1. The number of anilines is 1. The summed E-state index contributed by atoms with van der Waals surface area (Å²) in [5.41, 5.74) is -0.121. The summed E-state index contributed by atoms with van der Waals surface area (Å²) in [6.45, 7) is 4.22. The zero-order valence-corrected chi connectivity index (χ0v) is 10.7. The Morgan fingerprint density at radius 2 is 2.18 bits per heavy atom. The molecule has 17 heavy (non-hydrogen) atoms. The van der Waals surface area contributed by atoms with E-state index in [1.807, 2.05) is 13.8 Å². The Labute approximate surface area is 105 Å². The first kappa shape index (κ1) is 13.7. The predicted octanol–water partition coefficient (Wildman–Crippen LogP) is 3.09. The second-order valence-corrected chi connectivity index (χ2v) is 4.62. The van der Waals surface area contributed by atoms with Gasteiger partial charge in [-0.25, -0.2) is 0 Å². The second kappa shape index (κ2) is 5.33. The maximum absolute atomic E-state index is 10.9. The Balaban J connectivity index is 2.92. The lowest BCUT2D eigenvalue weighted by Crippen LogP contribution is -2.32. The molecule has 94 valence electrons. The fourth-order valence-electron chi connectivity index (χ4n) is 1.22. The molecule has 1 rings (SSSR count). The normalized spacial score (nSPS) is 11.3. The molecule has 0 fully saturated rings. The van der Waals surface area contributed by atoms with Crippen LogP contribution in [0.3, 0.4) is 0 Å². The predicted molar refractivity (Wildman–Crippen MR) is 67.7 cm³/mol. The molecular formula is C11H15ClN2O3. The first-order valence-electron chi connectivity index (χ1n) is 5.09. The first-order valence-corrected chi connectivity index (χ1v) is 5.47. The summed E-state index contributed by atoms with van der Waals surface area (Å²) >= 11 is 5.80. The maximum Gasteiger partial charge on any atom is 0.310 e. The zero-order valence-electron chi connectivity index (χ0n) is 9.99. The molecule has 1 N–H and O–H groups in total. The number of nitro groups is 1. The van der Waals surface area contributed by atoms with E-state index in [1.54, 1.807) is 19.2 Å². The summed E-state index contributed by atoms with van der Waals surface area (Å²) < 4.78 is 5.22. The Morgan fingerprint density at radius 3 is 2.71 bits per heavy atom. The van der Waals surface area contributed by atoms with Gasteiger partial charge in [0.25, 0.3) is 0 Å². The molecule has 6 heteroatoms. The number of para-hydroxylation sites is 1. The average Bonchev–Trinajstić information content (AvgIpc) is 2.26. The standard InChI is InChI=1S/C11H15ClN2O3/c1-11(2,17-3)7-13-9-6-4-5-8(12)10(9)14(15)16/h4-6,13H,7H2,1-3H3. The first-order chi connectivity index (χ1) is 7.87. The van der Waals surface area contributed by atoms with Crippen molar-refractivity contribution in [2.45, 2.75) is 19.4 Å². The summed E-state index contributed by atoms with van der Waals surface area (Å²) in [6.07, 6.45) is 0. The monoisotopic (exact) mass is 258 g/mol. The van der Waals surface area contributed by atoms with Crippen molar-refractivity contribution in [1.29, 1.82) is 0 Å². The minimum atomic E-state index is -0.496. The topological polar surface area (TPSA) is 64.4 Å². The van der Waals surface area contributed by atoms with Gasteiger partial charge in [0.2, 0.25) is 0 Å². The molecule has 0 aliphatic carbocycles. The van der Waals surface area contributed by atoms with Gasteiger partial charge in [-0.05, 0) is 26.0 Å². The number of halogens is 1. The van der Waals surface area contributed by atoms with E-state index in [0.717, 1.165) is 0 Å². The van der Waals surface area contributed by atoms with E-state index >= 15 is 0 Å². The van der Waals surface area contributed by atoms with E-state index in [1.165, 1.54) is 6.07 Å². The third-order valence-corrected chi connectivity index (χ3v) is 2.73. The number of benzene rings is 1. The molecule has 5 nitrogen and oxygen atoms in total. The third-order valence-electron chi connectivity index (χ3n) is 2.43. The number of ether oxygens (including phenoxy) is 1. The highest BCUT2D eigenvalue weighted by molar-refractivity contribution is 6.33. The van der Waals surface area contributed by atoms with Gasteiger partial charge in [-0.3, -0.25) is 10.1 Å². The van der Waals surface area contributed by atoms with Crippen molar-refractivity contribution < 1.29 is 9.66 Å². The van der Waals surface area contributed by atoms with Crippen LogP contribution >= 0.6 is 11.6 Å². The van der Waals surface area contributed by atoms with E-state index in [-0.39, 0.29) is 10.7 Å². The van der Waals surface area contributed by atoms with E-state index in [9.17, 15) is 10.1 Å². The maximum atomic E-state index is 10.9. The van der Waals surface area contributed by atoms with Crippen molar-refractivity contribution in [3.05, 3.63) is 33.3 Å². The molecule has 0 saturated heterocycles. The van der Waals surface area contributed by atoms with Crippen LogP contribution in [0.15, 0.2) is 18.2 Å². The Hall–Kier alpha value is -1.33. The van der Waals surface area contributed by atoms with E-state index in [0.29, 0.717) is 12.2 Å². The quantitative estimate of drug-likeness (QED) is 0.651. The lowest BCUT2D eigenvalue weighted by molar-refractivity contribution is -0.383. The van der Waals surface area contributed by atoms with Crippen molar-refractivity contribution in [2.24, 2.45) is 0 Å². The zero-order chi connectivity index (χ0) is 13.1. The number of hydrogen-bond acceptors (Lipinski definition) is 4. The molecule has 0 spiro atoms. The molecule has 0 saturated carbocycles. The second-order valence-electron chi connectivity index (χ2n) is 4.21. The highest BCUT2D eigenvalue weighted by atomic mass is 35.5. The average molecular weight is 259 g/mol. The summed E-state index contributed by atoms with van der Waals surface area (Å²) in [7, 11) is 1.59. The Bertz CT molecular complexity index is 421. The molecular weight excluding hydrogens is 244 g/mol. The minimum absolute atomic E-state index is 0.110. The van der Waals surface area contributed by atoms with Gasteiger partial charge in [-0.1, -0.05) is 17.7 Å². The van der Waals surface area contributed by atoms with Crippen LogP contribution in [0.4, 0.5) is 11.4 Å². The fourth-order valence-corrected chi connectivity index (χ4v) is 1.47. The van der Waals surface area contributed by atoms with E-state index in [2.05, 4.69) is 5.32 Å². The van der Waals surface area contributed by atoms with Crippen molar-refractivity contribution in [1.82, 2.24) is 0 Å². The summed E-state index contributed by atoms with van der Waals surface area (Å²) in [4.78, 5) is 10.4. The van der Waals surface area contributed by atoms with Crippen LogP contribution < -0.4 is 5.32 Å². The Morgan fingerprint density at radius 1 is 1.53 bits per heavy atom. The smallest absolute Gasteiger partial charge is 0.310 e. The van der Waals surface area contributed by atoms with Crippen molar-refractivity contribution in [3.63, 3.8) is 0 Å². The lowest BCUT2D eigenvalue weighted by atomic mass is 10.1. The summed E-state index contributed by atoms with van der Waals surface area (Å²) in [5.74, 6) is 0. The summed E-state index contributed by atoms with van der Waals surface area (Å²) in [6, 6.07) is 4.78. The number of methoxy groups -OCH3 is 1. The van der Waals surface area contributed by atoms with Gasteiger partial charge in [0.15, 0.2) is 0 Å². The van der Waals surface area contributed by atoms with Gasteiger partial charge in [-0.15, -0.1) is 0 Å².